The van der Waals surface area contributed by atoms with E-state index in [2.05, 4.69) is 20.7 Å². The summed E-state index contributed by atoms with van der Waals surface area (Å²) in [6.07, 6.45) is 1.76. The van der Waals surface area contributed by atoms with Gasteiger partial charge >= 0.3 is 0 Å². The maximum absolute atomic E-state index is 9.13. The first-order valence-corrected chi connectivity index (χ1v) is 6.69. The number of ether oxygens (including phenoxy) is 1. The second-order valence-corrected chi connectivity index (χ2v) is 5.33. The first kappa shape index (κ1) is 12.1. The lowest BCUT2D eigenvalue weighted by Crippen LogP contribution is -2.60. The highest BCUT2D eigenvalue weighted by atomic mass is 32.1. The Morgan fingerprint density at radius 3 is 2.84 bits per heavy atom. The molecule has 1 N–H and O–H groups in total. The summed E-state index contributed by atoms with van der Waals surface area (Å²) in [6, 6.07) is 7.62. The molecule has 5 nitrogen and oxygen atoms in total. The van der Waals surface area contributed by atoms with E-state index in [-0.39, 0.29) is 0 Å². The molecule has 1 fully saturated rings. The summed E-state index contributed by atoms with van der Waals surface area (Å²) >= 11 is 1.42. The van der Waals surface area contributed by atoms with Crippen molar-refractivity contribution in [3.8, 4) is 11.9 Å². The van der Waals surface area contributed by atoms with Gasteiger partial charge in [-0.2, -0.15) is 5.26 Å². The second-order valence-electron chi connectivity index (χ2n) is 4.49. The number of nitrogens with zero attached hydrogens (tertiary/aromatic N) is 3. The zero-order chi connectivity index (χ0) is 13.3. The van der Waals surface area contributed by atoms with Gasteiger partial charge in [0, 0.05) is 25.0 Å². The number of aryl methyl sites for hydroxylation is 1. The maximum atomic E-state index is 9.13. The van der Waals surface area contributed by atoms with Crippen LogP contribution >= 0.6 is 11.5 Å². The van der Waals surface area contributed by atoms with E-state index in [0.29, 0.717) is 24.5 Å². The van der Waals surface area contributed by atoms with E-state index >= 15 is 0 Å². The fourth-order valence-corrected chi connectivity index (χ4v) is 2.69. The summed E-state index contributed by atoms with van der Waals surface area (Å²) in [6.45, 7) is 3.29. The number of nitrogens with one attached hydrogen (secondary N) is 1. The molecule has 0 atom stereocenters. The number of pyridine rings is 1. The summed E-state index contributed by atoms with van der Waals surface area (Å²) in [7, 11) is 0. The van der Waals surface area contributed by atoms with Gasteiger partial charge in [0.2, 0.25) is 5.88 Å². The van der Waals surface area contributed by atoms with E-state index in [1.807, 2.05) is 19.1 Å². The minimum Gasteiger partial charge on any atom is -0.462 e. The highest BCUT2D eigenvalue weighted by molar-refractivity contribution is 7.05. The Labute approximate surface area is 115 Å². The van der Waals surface area contributed by atoms with Crippen LogP contribution in [0.15, 0.2) is 24.4 Å². The van der Waals surface area contributed by atoms with Gasteiger partial charge in [0.25, 0.3) is 0 Å². The second kappa shape index (κ2) is 4.61. The minimum absolute atomic E-state index is 0.400. The van der Waals surface area contributed by atoms with E-state index in [0.717, 1.165) is 10.6 Å². The van der Waals surface area contributed by atoms with Crippen LogP contribution in [-0.4, -0.2) is 22.4 Å². The van der Waals surface area contributed by atoms with E-state index in [4.69, 9.17) is 10.00 Å². The average Bonchev–Trinajstić information content (AvgIpc) is 2.88. The Morgan fingerprint density at radius 2 is 2.26 bits per heavy atom. The van der Waals surface area contributed by atoms with Gasteiger partial charge in [-0.25, -0.2) is 9.36 Å². The van der Waals surface area contributed by atoms with Crippen LogP contribution in [0.1, 0.15) is 16.1 Å². The van der Waals surface area contributed by atoms with Gasteiger partial charge in [-0.05, 0) is 36.7 Å². The predicted octanol–water partition coefficient (Wildman–Crippen LogP) is 1.60. The molecule has 2 aromatic rings. The number of aromatic nitrogens is 2. The van der Waals surface area contributed by atoms with Crippen molar-refractivity contribution in [1.82, 2.24) is 14.7 Å². The third-order valence-corrected chi connectivity index (χ3v) is 4.05. The molecule has 0 saturated carbocycles. The van der Waals surface area contributed by atoms with Crippen molar-refractivity contribution >= 4 is 11.5 Å². The van der Waals surface area contributed by atoms with Crippen LogP contribution in [0.4, 0.5) is 0 Å². The van der Waals surface area contributed by atoms with Gasteiger partial charge in [-0.1, -0.05) is 0 Å². The van der Waals surface area contributed by atoms with Crippen molar-refractivity contribution in [3.05, 3.63) is 40.5 Å². The van der Waals surface area contributed by atoms with Crippen LogP contribution in [-0.2, 0) is 5.60 Å². The molecule has 96 valence electrons. The van der Waals surface area contributed by atoms with E-state index in [1.54, 1.807) is 12.3 Å². The summed E-state index contributed by atoms with van der Waals surface area (Å²) < 4.78 is 10.2. The fourth-order valence-electron chi connectivity index (χ4n) is 1.98. The van der Waals surface area contributed by atoms with Crippen LogP contribution < -0.4 is 10.1 Å². The highest BCUT2D eigenvalue weighted by Crippen LogP contribution is 2.34. The molecule has 0 bridgehead atoms. The summed E-state index contributed by atoms with van der Waals surface area (Å²) in [5.74, 6) is 0.400. The Hall–Kier alpha value is -1.97. The molecule has 1 saturated heterocycles. The molecule has 0 aliphatic carbocycles. The Bertz CT molecular complexity index is 629. The molecule has 0 spiro atoms. The minimum atomic E-state index is -0.437. The lowest BCUT2D eigenvalue weighted by atomic mass is 9.95. The number of hydrogen-bond donors (Lipinski definition) is 1. The molecule has 3 rings (SSSR count). The van der Waals surface area contributed by atoms with E-state index < -0.39 is 5.60 Å². The first-order chi connectivity index (χ1) is 9.23. The van der Waals surface area contributed by atoms with E-state index in [1.165, 1.54) is 11.5 Å². The topological polar surface area (TPSA) is 70.8 Å². The standard InChI is InChI=1S/C13H12N4OS/c1-9-2-3-10(6-14)12(17-9)18-13(7-15-8-13)11-4-5-16-19-11/h2-5,15H,7-8H2,1H3. The van der Waals surface area contributed by atoms with Crippen molar-refractivity contribution in [1.29, 1.82) is 5.26 Å². The van der Waals surface area contributed by atoms with Gasteiger partial charge < -0.3 is 10.1 Å². The van der Waals surface area contributed by atoms with Crippen LogP contribution in [0.25, 0.3) is 0 Å². The average molecular weight is 272 g/mol. The Balaban J connectivity index is 1.96. The monoisotopic (exact) mass is 272 g/mol. The number of nitriles is 1. The lowest BCUT2D eigenvalue weighted by Gasteiger charge is -2.41. The van der Waals surface area contributed by atoms with Gasteiger partial charge in [0.05, 0.1) is 4.88 Å². The Kier molecular flexibility index (Phi) is 2.93. The normalized spacial score (nSPS) is 16.4. The van der Waals surface area contributed by atoms with Crippen molar-refractivity contribution in [2.75, 3.05) is 13.1 Å². The molecular formula is C13H12N4OS. The van der Waals surface area contributed by atoms with Gasteiger partial charge in [0.15, 0.2) is 5.60 Å². The summed E-state index contributed by atoms with van der Waals surface area (Å²) in [5.41, 5.74) is 0.857. The van der Waals surface area contributed by atoms with Crippen molar-refractivity contribution < 1.29 is 4.74 Å². The van der Waals surface area contributed by atoms with Crippen LogP contribution in [0.5, 0.6) is 5.88 Å². The zero-order valence-corrected chi connectivity index (χ0v) is 11.2. The SMILES string of the molecule is Cc1ccc(C#N)c(OC2(c3ccns3)CNC2)n1. The summed E-state index contributed by atoms with van der Waals surface area (Å²) in [4.78, 5) is 5.39. The number of rotatable bonds is 3. The molecule has 3 heterocycles. The molecule has 0 amide bonds. The Morgan fingerprint density at radius 1 is 1.42 bits per heavy atom. The molecule has 0 unspecified atom stereocenters. The summed E-state index contributed by atoms with van der Waals surface area (Å²) in [5, 5.41) is 12.3. The van der Waals surface area contributed by atoms with Gasteiger partial charge in [0.1, 0.15) is 11.6 Å². The maximum Gasteiger partial charge on any atom is 0.232 e. The first-order valence-electron chi connectivity index (χ1n) is 5.92. The highest BCUT2D eigenvalue weighted by Gasteiger charge is 2.43. The molecule has 2 aromatic heterocycles. The fraction of sp³-hybridized carbons (Fsp3) is 0.308. The predicted molar refractivity (Wildman–Crippen MR) is 71.0 cm³/mol. The number of hydrogen-bond acceptors (Lipinski definition) is 6. The molecule has 6 heteroatoms. The molecule has 0 aromatic carbocycles. The largest absolute Gasteiger partial charge is 0.462 e. The molecular weight excluding hydrogens is 260 g/mol. The van der Waals surface area contributed by atoms with Gasteiger partial charge in [-0.3, -0.25) is 0 Å². The quantitative estimate of drug-likeness (QED) is 0.919. The zero-order valence-electron chi connectivity index (χ0n) is 10.4. The van der Waals surface area contributed by atoms with Crippen molar-refractivity contribution in [2.24, 2.45) is 0 Å². The van der Waals surface area contributed by atoms with Crippen LogP contribution in [0, 0.1) is 18.3 Å². The van der Waals surface area contributed by atoms with Crippen LogP contribution in [0.2, 0.25) is 0 Å². The molecule has 19 heavy (non-hydrogen) atoms. The molecule has 1 aliphatic heterocycles. The van der Waals surface area contributed by atoms with E-state index in [9.17, 15) is 0 Å². The smallest absolute Gasteiger partial charge is 0.232 e. The van der Waals surface area contributed by atoms with Gasteiger partial charge in [-0.15, -0.1) is 0 Å². The third kappa shape index (κ3) is 2.07. The van der Waals surface area contributed by atoms with Crippen molar-refractivity contribution in [3.63, 3.8) is 0 Å². The third-order valence-electron chi connectivity index (χ3n) is 3.12. The molecule has 0 radical (unpaired) electrons. The van der Waals surface area contributed by atoms with Crippen LogP contribution in [0.3, 0.4) is 0 Å². The van der Waals surface area contributed by atoms with Crippen molar-refractivity contribution in [2.45, 2.75) is 12.5 Å². The molecule has 1 aliphatic rings. The lowest BCUT2D eigenvalue weighted by molar-refractivity contribution is 0.0110.